The molecule has 8 heteroatoms. The molecule has 2 aromatic heterocycles. The van der Waals surface area contributed by atoms with Gasteiger partial charge in [0, 0.05) is 31.0 Å². The highest BCUT2D eigenvalue weighted by Crippen LogP contribution is 2.40. The van der Waals surface area contributed by atoms with Crippen LogP contribution in [0.15, 0.2) is 65.7 Å². The van der Waals surface area contributed by atoms with E-state index in [1.807, 2.05) is 13.8 Å². The van der Waals surface area contributed by atoms with Crippen molar-refractivity contribution in [2.45, 2.75) is 44.6 Å². The van der Waals surface area contributed by atoms with Crippen molar-refractivity contribution >= 4 is 0 Å². The molecule has 31 heavy (non-hydrogen) atoms. The molecule has 0 saturated carbocycles. The Hall–Kier alpha value is -2.97. The highest BCUT2D eigenvalue weighted by molar-refractivity contribution is 5.43. The summed E-state index contributed by atoms with van der Waals surface area (Å²) in [6, 6.07) is 12.1. The second-order valence-corrected chi connectivity index (χ2v) is 7.64. The normalized spacial score (nSPS) is 23.4. The highest BCUT2D eigenvalue weighted by atomic mass is 19.3. The van der Waals surface area contributed by atoms with Gasteiger partial charge in [-0.1, -0.05) is 18.2 Å². The van der Waals surface area contributed by atoms with E-state index in [-0.39, 0.29) is 29.3 Å². The van der Waals surface area contributed by atoms with E-state index in [9.17, 15) is 18.0 Å². The highest BCUT2D eigenvalue weighted by Gasteiger charge is 2.47. The predicted octanol–water partition coefficient (Wildman–Crippen LogP) is 3.86. The fourth-order valence-corrected chi connectivity index (χ4v) is 4.23. The fraction of sp³-hybridized carbons (Fsp3) is 0.304. The minimum absolute atomic E-state index is 0.0890. The Balaban J connectivity index is 1.81. The monoisotopic (exact) mass is 428 g/mol. The van der Waals surface area contributed by atoms with Crippen molar-refractivity contribution in [2.75, 3.05) is 0 Å². The molecular weight excluding hydrogens is 405 g/mol. The summed E-state index contributed by atoms with van der Waals surface area (Å²) in [5.74, 6) is -0.366. The molecule has 2 unspecified atom stereocenters. The van der Waals surface area contributed by atoms with Crippen LogP contribution in [0.1, 0.15) is 48.8 Å². The van der Waals surface area contributed by atoms with E-state index in [4.69, 9.17) is 0 Å². The van der Waals surface area contributed by atoms with Crippen LogP contribution in [0.5, 0.6) is 0 Å². The zero-order chi connectivity index (χ0) is 22.2. The third kappa shape index (κ3) is 3.77. The number of rotatable bonds is 5. The van der Waals surface area contributed by atoms with E-state index >= 15 is 0 Å². The molecule has 1 aliphatic heterocycles. The van der Waals surface area contributed by atoms with E-state index < -0.39 is 12.0 Å². The number of aromatic nitrogens is 2. The molecule has 0 amide bonds. The van der Waals surface area contributed by atoms with Gasteiger partial charge in [-0.2, -0.15) is 0 Å². The Morgan fingerprint density at radius 2 is 1.81 bits per heavy atom. The van der Waals surface area contributed by atoms with E-state index in [0.717, 1.165) is 11.1 Å². The van der Waals surface area contributed by atoms with Crippen LogP contribution in [0.25, 0.3) is 0 Å². The summed E-state index contributed by atoms with van der Waals surface area (Å²) in [5, 5.41) is 7.05. The Bertz CT molecular complexity index is 1110. The molecule has 0 bridgehead atoms. The van der Waals surface area contributed by atoms with Gasteiger partial charge in [-0.3, -0.25) is 20.4 Å². The first kappa shape index (κ1) is 21.3. The summed E-state index contributed by atoms with van der Waals surface area (Å²) in [4.78, 5) is 15.9. The molecule has 0 spiro atoms. The Morgan fingerprint density at radius 1 is 1.10 bits per heavy atom. The number of nitrogens with zero attached hydrogens (tertiary/aromatic N) is 2. The van der Waals surface area contributed by atoms with Gasteiger partial charge >= 0.3 is 0 Å². The third-order valence-corrected chi connectivity index (χ3v) is 5.88. The molecule has 5 nitrogen and oxygen atoms in total. The number of alkyl halides is 2. The molecule has 1 saturated heterocycles. The van der Waals surface area contributed by atoms with Crippen molar-refractivity contribution < 1.29 is 13.2 Å². The summed E-state index contributed by atoms with van der Waals surface area (Å²) < 4.78 is 41.3. The second kappa shape index (κ2) is 8.28. The molecule has 4 rings (SSSR count). The first-order valence-corrected chi connectivity index (χ1v) is 10.1. The van der Waals surface area contributed by atoms with Crippen LogP contribution in [0.4, 0.5) is 13.2 Å². The molecule has 0 radical (unpaired) electrons. The minimum atomic E-state index is -2.66. The molecule has 2 N–H and O–H groups in total. The number of aryl methyl sites for hydroxylation is 1. The lowest BCUT2D eigenvalue weighted by Crippen LogP contribution is -2.46. The van der Waals surface area contributed by atoms with Gasteiger partial charge in [0.2, 0.25) is 0 Å². The van der Waals surface area contributed by atoms with Crippen molar-refractivity contribution in [1.29, 1.82) is 0 Å². The number of pyridine rings is 2. The van der Waals surface area contributed by atoms with Crippen molar-refractivity contribution in [1.82, 2.24) is 20.2 Å². The molecule has 3 heterocycles. The van der Waals surface area contributed by atoms with Gasteiger partial charge < -0.3 is 4.57 Å². The van der Waals surface area contributed by atoms with Crippen LogP contribution < -0.4 is 16.2 Å². The molecular formula is C23H23F3N4O. The summed E-state index contributed by atoms with van der Waals surface area (Å²) in [7, 11) is 0. The van der Waals surface area contributed by atoms with Crippen LogP contribution in [0.3, 0.4) is 0 Å². The van der Waals surface area contributed by atoms with Gasteiger partial charge in [-0.05, 0) is 54.8 Å². The molecule has 3 atom stereocenters. The van der Waals surface area contributed by atoms with E-state index in [2.05, 4.69) is 15.6 Å². The van der Waals surface area contributed by atoms with Crippen LogP contribution in [0, 0.1) is 5.82 Å². The van der Waals surface area contributed by atoms with Crippen LogP contribution in [-0.2, 0) is 12.1 Å². The Morgan fingerprint density at radius 3 is 2.42 bits per heavy atom. The van der Waals surface area contributed by atoms with Crippen molar-refractivity contribution in [3.05, 3.63) is 99.5 Å². The lowest BCUT2D eigenvalue weighted by Gasteiger charge is -2.34. The first-order valence-electron chi connectivity index (χ1n) is 10.1. The summed E-state index contributed by atoms with van der Waals surface area (Å²) in [5.41, 5.74) is 1.06. The van der Waals surface area contributed by atoms with E-state index in [1.54, 1.807) is 35.0 Å². The van der Waals surface area contributed by atoms with Gasteiger partial charge in [0.05, 0.1) is 11.7 Å². The number of nitrogens with one attached hydrogen (secondary N) is 2. The Kier molecular flexibility index (Phi) is 5.68. The van der Waals surface area contributed by atoms with Gasteiger partial charge in [0.25, 0.3) is 12.0 Å². The summed E-state index contributed by atoms with van der Waals surface area (Å²) >= 11 is 0. The van der Waals surface area contributed by atoms with E-state index in [0.29, 0.717) is 12.1 Å². The maximum Gasteiger partial charge on any atom is 0.280 e. The molecule has 1 aromatic carbocycles. The fourth-order valence-electron chi connectivity index (χ4n) is 4.23. The number of benzene rings is 1. The lowest BCUT2D eigenvalue weighted by molar-refractivity contribution is 0.146. The third-order valence-electron chi connectivity index (χ3n) is 5.88. The number of hydrogen-bond donors (Lipinski definition) is 2. The summed E-state index contributed by atoms with van der Waals surface area (Å²) in [6.45, 7) is 4.40. The van der Waals surface area contributed by atoms with E-state index in [1.165, 1.54) is 30.5 Å². The number of hydrogen-bond acceptors (Lipinski definition) is 4. The van der Waals surface area contributed by atoms with Gasteiger partial charge in [-0.25, -0.2) is 13.2 Å². The van der Waals surface area contributed by atoms with Crippen molar-refractivity contribution in [3.63, 3.8) is 0 Å². The zero-order valence-corrected chi connectivity index (χ0v) is 17.1. The largest absolute Gasteiger partial charge is 0.315 e. The topological polar surface area (TPSA) is 59.0 Å². The van der Waals surface area contributed by atoms with Crippen molar-refractivity contribution in [3.8, 4) is 0 Å². The zero-order valence-electron chi connectivity index (χ0n) is 17.1. The standard InChI is InChI=1S/C23H23F3N4O/c1-3-30-13-15(4-11-20(30)31)22-28-14(2)23(29-22,16-5-8-18(24)9-6-16)17-7-10-19(21(25)26)27-12-17/h4-14,21-22,28-29H,3H2,1-2H3/t14-,22?,23?/m0/s1. The van der Waals surface area contributed by atoms with Crippen LogP contribution in [0.2, 0.25) is 0 Å². The second-order valence-electron chi connectivity index (χ2n) is 7.64. The minimum Gasteiger partial charge on any atom is -0.315 e. The molecule has 162 valence electrons. The first-order chi connectivity index (χ1) is 14.8. The van der Waals surface area contributed by atoms with Gasteiger partial charge in [-0.15, -0.1) is 0 Å². The lowest BCUT2D eigenvalue weighted by atomic mass is 9.79. The maximum atomic E-state index is 13.6. The number of halogens is 3. The van der Waals surface area contributed by atoms with Gasteiger partial charge in [0.15, 0.2) is 0 Å². The SMILES string of the molecule is CCn1cc(C2N[C@@H](C)C(c3ccc(F)cc3)(c3ccc(C(F)F)nc3)N2)ccc1=O. The average molecular weight is 428 g/mol. The van der Waals surface area contributed by atoms with Crippen LogP contribution in [-0.4, -0.2) is 15.6 Å². The predicted molar refractivity (Wildman–Crippen MR) is 111 cm³/mol. The quantitative estimate of drug-likeness (QED) is 0.648. The Labute approximate surface area is 178 Å². The van der Waals surface area contributed by atoms with Crippen LogP contribution >= 0.6 is 0 Å². The maximum absolute atomic E-state index is 13.6. The molecule has 0 aliphatic carbocycles. The average Bonchev–Trinajstić information content (AvgIpc) is 3.12. The van der Waals surface area contributed by atoms with Crippen molar-refractivity contribution in [2.24, 2.45) is 0 Å². The molecule has 1 fully saturated rings. The van der Waals surface area contributed by atoms with Gasteiger partial charge in [0.1, 0.15) is 11.5 Å². The smallest absolute Gasteiger partial charge is 0.280 e. The molecule has 3 aromatic rings. The molecule has 1 aliphatic rings. The summed E-state index contributed by atoms with van der Waals surface area (Å²) in [6.07, 6.45) is 0.239.